The average Bonchev–Trinajstić information content (AvgIpc) is 3.08. The molecule has 1 aromatic heterocycles. The normalized spacial score (nSPS) is 25.1. The molecule has 2 heterocycles. The number of carbonyl (C=O) groups is 2. The van der Waals surface area contributed by atoms with E-state index in [2.05, 4.69) is 10.3 Å². The zero-order chi connectivity index (χ0) is 18.0. The van der Waals surface area contributed by atoms with Gasteiger partial charge in [-0.3, -0.25) is 14.6 Å². The number of pyridine rings is 1. The molecule has 1 unspecified atom stereocenters. The average molecular weight is 355 g/mol. The van der Waals surface area contributed by atoms with Crippen molar-refractivity contribution in [2.24, 2.45) is 17.3 Å². The Labute approximate surface area is 155 Å². The van der Waals surface area contributed by atoms with Crippen molar-refractivity contribution in [3.05, 3.63) is 30.1 Å². The molecule has 3 fully saturated rings. The summed E-state index contributed by atoms with van der Waals surface area (Å²) >= 11 is 0. The first-order valence-electron chi connectivity index (χ1n) is 10.1. The summed E-state index contributed by atoms with van der Waals surface area (Å²) in [6.07, 6.45) is 12.5. The van der Waals surface area contributed by atoms with Gasteiger partial charge in [0.1, 0.15) is 0 Å². The molecule has 2 saturated carbocycles. The molecule has 1 aromatic rings. The Morgan fingerprint density at radius 1 is 1.12 bits per heavy atom. The van der Waals surface area contributed by atoms with Gasteiger partial charge in [-0.2, -0.15) is 0 Å². The molecular formula is C21H29N3O2. The van der Waals surface area contributed by atoms with Gasteiger partial charge in [-0.05, 0) is 43.4 Å². The number of rotatable bonds is 4. The van der Waals surface area contributed by atoms with Crippen molar-refractivity contribution in [1.82, 2.24) is 15.2 Å². The highest BCUT2D eigenvalue weighted by Crippen LogP contribution is 2.52. The Hall–Kier alpha value is -1.91. The zero-order valence-electron chi connectivity index (χ0n) is 15.5. The van der Waals surface area contributed by atoms with Crippen LogP contribution in [-0.4, -0.2) is 34.8 Å². The number of nitrogens with one attached hydrogen (secondary N) is 1. The van der Waals surface area contributed by atoms with Crippen LogP contribution in [-0.2, 0) is 16.1 Å². The van der Waals surface area contributed by atoms with E-state index in [1.807, 2.05) is 17.0 Å². The van der Waals surface area contributed by atoms with Crippen LogP contribution in [0.25, 0.3) is 0 Å². The quantitative estimate of drug-likeness (QED) is 0.903. The molecule has 0 radical (unpaired) electrons. The van der Waals surface area contributed by atoms with Crippen LogP contribution >= 0.6 is 0 Å². The maximum atomic E-state index is 13.0. The summed E-state index contributed by atoms with van der Waals surface area (Å²) in [6.45, 7) is 1.93. The van der Waals surface area contributed by atoms with Crippen molar-refractivity contribution in [2.45, 2.75) is 57.9 Å². The summed E-state index contributed by atoms with van der Waals surface area (Å²) in [5.74, 6) is 0.561. The van der Waals surface area contributed by atoms with Crippen molar-refractivity contribution >= 4 is 11.8 Å². The molecule has 140 valence electrons. The first-order valence-corrected chi connectivity index (χ1v) is 10.1. The van der Waals surface area contributed by atoms with Crippen LogP contribution in [0.4, 0.5) is 0 Å². The van der Waals surface area contributed by atoms with Crippen molar-refractivity contribution in [2.75, 3.05) is 13.1 Å². The molecule has 1 aliphatic heterocycles. The van der Waals surface area contributed by atoms with Gasteiger partial charge in [0.25, 0.3) is 0 Å². The SMILES string of the molecule is O=C(NCc1ccncc1)C1CN(C(=O)C2CCCCC2)CC12CCC2. The lowest BCUT2D eigenvalue weighted by Crippen LogP contribution is -2.45. The standard InChI is InChI=1S/C21H29N3O2/c25-19(23-13-16-7-11-22-12-8-16)18-14-24(15-21(18)9-4-10-21)20(26)17-5-2-1-3-6-17/h7-8,11-12,17-18H,1-6,9-10,13-15H2,(H,23,25). The van der Waals surface area contributed by atoms with Crippen LogP contribution in [0.15, 0.2) is 24.5 Å². The number of hydrogen-bond acceptors (Lipinski definition) is 3. The summed E-state index contributed by atoms with van der Waals surface area (Å²) < 4.78 is 0. The summed E-state index contributed by atoms with van der Waals surface area (Å²) in [5.41, 5.74) is 1.09. The Balaban J connectivity index is 1.40. The van der Waals surface area contributed by atoms with Gasteiger partial charge in [-0.25, -0.2) is 0 Å². The molecule has 5 nitrogen and oxygen atoms in total. The van der Waals surface area contributed by atoms with Gasteiger partial charge in [0.2, 0.25) is 11.8 Å². The fourth-order valence-corrected chi connectivity index (χ4v) is 5.06. The number of amides is 2. The lowest BCUT2D eigenvalue weighted by atomic mass is 9.62. The van der Waals surface area contributed by atoms with Crippen LogP contribution in [0.3, 0.4) is 0 Å². The van der Waals surface area contributed by atoms with Gasteiger partial charge in [0.05, 0.1) is 5.92 Å². The number of aromatic nitrogens is 1. The Bertz CT molecular complexity index is 650. The molecule has 1 spiro atoms. The van der Waals surface area contributed by atoms with Crippen molar-refractivity contribution < 1.29 is 9.59 Å². The van der Waals surface area contributed by atoms with Gasteiger partial charge in [-0.1, -0.05) is 25.7 Å². The third-order valence-corrected chi connectivity index (χ3v) is 6.80. The van der Waals surface area contributed by atoms with Crippen molar-refractivity contribution in [1.29, 1.82) is 0 Å². The van der Waals surface area contributed by atoms with E-state index in [0.717, 1.165) is 37.8 Å². The minimum Gasteiger partial charge on any atom is -0.352 e. The number of nitrogens with zero attached hydrogens (tertiary/aromatic N) is 2. The summed E-state index contributed by atoms with van der Waals surface area (Å²) in [4.78, 5) is 31.9. The van der Waals surface area contributed by atoms with E-state index in [1.165, 1.54) is 25.7 Å². The number of hydrogen-bond donors (Lipinski definition) is 1. The molecule has 1 saturated heterocycles. The second-order valence-corrected chi connectivity index (χ2v) is 8.40. The number of carbonyl (C=O) groups excluding carboxylic acids is 2. The smallest absolute Gasteiger partial charge is 0.225 e. The van der Waals surface area contributed by atoms with Crippen LogP contribution in [0.5, 0.6) is 0 Å². The van der Waals surface area contributed by atoms with Gasteiger partial charge in [0, 0.05) is 43.4 Å². The first-order chi connectivity index (χ1) is 12.7. The highest BCUT2D eigenvalue weighted by molar-refractivity contribution is 5.84. The zero-order valence-corrected chi connectivity index (χ0v) is 15.5. The minimum absolute atomic E-state index is 0.0344. The lowest BCUT2D eigenvalue weighted by Gasteiger charge is -2.42. The molecule has 1 N–H and O–H groups in total. The maximum Gasteiger partial charge on any atom is 0.225 e. The van der Waals surface area contributed by atoms with Crippen LogP contribution in [0.2, 0.25) is 0 Å². The molecule has 0 aromatic carbocycles. The largest absolute Gasteiger partial charge is 0.352 e. The summed E-state index contributed by atoms with van der Waals surface area (Å²) in [5, 5.41) is 3.10. The summed E-state index contributed by atoms with van der Waals surface area (Å²) in [7, 11) is 0. The Morgan fingerprint density at radius 3 is 2.50 bits per heavy atom. The van der Waals surface area contributed by atoms with Crippen LogP contribution in [0, 0.1) is 17.3 Å². The van der Waals surface area contributed by atoms with Crippen molar-refractivity contribution in [3.8, 4) is 0 Å². The fourth-order valence-electron chi connectivity index (χ4n) is 5.06. The van der Waals surface area contributed by atoms with Gasteiger partial charge in [-0.15, -0.1) is 0 Å². The highest BCUT2D eigenvalue weighted by Gasteiger charge is 2.54. The molecule has 1 atom stereocenters. The van der Waals surface area contributed by atoms with Crippen LogP contribution in [0.1, 0.15) is 56.9 Å². The lowest BCUT2D eigenvalue weighted by molar-refractivity contribution is -0.136. The van der Waals surface area contributed by atoms with Gasteiger partial charge >= 0.3 is 0 Å². The second kappa shape index (κ2) is 7.37. The maximum absolute atomic E-state index is 13.0. The molecule has 2 aliphatic carbocycles. The molecule has 4 rings (SSSR count). The third-order valence-electron chi connectivity index (χ3n) is 6.80. The van der Waals surface area contributed by atoms with E-state index in [1.54, 1.807) is 12.4 Å². The predicted molar refractivity (Wildman–Crippen MR) is 99.0 cm³/mol. The molecule has 3 aliphatic rings. The Kier molecular flexibility index (Phi) is 4.96. The monoisotopic (exact) mass is 355 g/mol. The number of likely N-dealkylation sites (tertiary alicyclic amines) is 1. The highest BCUT2D eigenvalue weighted by atomic mass is 16.2. The predicted octanol–water partition coefficient (Wildman–Crippen LogP) is 2.91. The first kappa shape index (κ1) is 17.5. The van der Waals surface area contributed by atoms with Gasteiger partial charge < -0.3 is 10.2 Å². The molecule has 26 heavy (non-hydrogen) atoms. The van der Waals surface area contributed by atoms with E-state index < -0.39 is 0 Å². The second-order valence-electron chi connectivity index (χ2n) is 8.40. The third kappa shape index (κ3) is 3.36. The topological polar surface area (TPSA) is 62.3 Å². The van der Waals surface area contributed by atoms with E-state index in [9.17, 15) is 9.59 Å². The summed E-state index contributed by atoms with van der Waals surface area (Å²) in [6, 6.07) is 3.85. The minimum atomic E-state index is -0.0503. The van der Waals surface area contributed by atoms with Gasteiger partial charge in [0.15, 0.2) is 0 Å². The molecule has 2 amide bonds. The van der Waals surface area contributed by atoms with E-state index in [4.69, 9.17) is 0 Å². The fraction of sp³-hybridized carbons (Fsp3) is 0.667. The van der Waals surface area contributed by atoms with Crippen molar-refractivity contribution in [3.63, 3.8) is 0 Å². The van der Waals surface area contributed by atoms with Crippen LogP contribution < -0.4 is 5.32 Å². The van der Waals surface area contributed by atoms with E-state index in [0.29, 0.717) is 19.0 Å². The molecule has 0 bridgehead atoms. The van der Waals surface area contributed by atoms with E-state index >= 15 is 0 Å². The molecule has 5 heteroatoms. The van der Waals surface area contributed by atoms with E-state index in [-0.39, 0.29) is 23.2 Å². The Morgan fingerprint density at radius 2 is 1.85 bits per heavy atom. The molecular weight excluding hydrogens is 326 g/mol.